The maximum atomic E-state index is 3.57. The summed E-state index contributed by atoms with van der Waals surface area (Å²) in [5, 5.41) is 6.25. The number of rotatable bonds is 5. The summed E-state index contributed by atoms with van der Waals surface area (Å²) in [5.74, 6) is 0. The van der Waals surface area contributed by atoms with Crippen LogP contribution in [0.3, 0.4) is 0 Å². The van der Waals surface area contributed by atoms with E-state index in [1.807, 2.05) is 0 Å². The highest BCUT2D eigenvalue weighted by Gasteiger charge is 2.15. The van der Waals surface area contributed by atoms with Gasteiger partial charge in [-0.1, -0.05) is 42.5 Å². The first-order valence-corrected chi connectivity index (χ1v) is 7.71. The Morgan fingerprint density at radius 2 is 2.00 bits per heavy atom. The van der Waals surface area contributed by atoms with Crippen molar-refractivity contribution in [1.29, 1.82) is 0 Å². The molecule has 2 heteroatoms. The normalized spacial score (nSPS) is 19.0. The van der Waals surface area contributed by atoms with Gasteiger partial charge in [-0.05, 0) is 49.2 Å². The molecule has 0 bridgehead atoms. The zero-order valence-corrected chi connectivity index (χ0v) is 12.3. The Hall–Kier alpha value is -1.38. The van der Waals surface area contributed by atoms with Crippen LogP contribution < -0.4 is 5.32 Å². The number of nitrogens with one attached hydrogen (secondary N) is 1. The van der Waals surface area contributed by atoms with Crippen molar-refractivity contribution in [2.75, 3.05) is 26.7 Å². The van der Waals surface area contributed by atoms with Gasteiger partial charge in [0, 0.05) is 19.1 Å². The number of hydrogen-bond acceptors (Lipinski definition) is 2. The van der Waals surface area contributed by atoms with Crippen LogP contribution in [0.4, 0.5) is 0 Å². The van der Waals surface area contributed by atoms with E-state index in [1.54, 1.807) is 0 Å². The molecule has 106 valence electrons. The van der Waals surface area contributed by atoms with Crippen molar-refractivity contribution >= 4 is 10.8 Å². The van der Waals surface area contributed by atoms with Crippen molar-refractivity contribution in [2.24, 2.45) is 0 Å². The predicted molar refractivity (Wildman–Crippen MR) is 86.2 cm³/mol. The van der Waals surface area contributed by atoms with Crippen molar-refractivity contribution < 1.29 is 0 Å². The minimum atomic E-state index is 0.705. The van der Waals surface area contributed by atoms with E-state index in [1.165, 1.54) is 42.3 Å². The van der Waals surface area contributed by atoms with E-state index in [9.17, 15) is 0 Å². The molecule has 1 fully saturated rings. The quantitative estimate of drug-likeness (QED) is 0.896. The molecule has 0 spiro atoms. The summed E-state index contributed by atoms with van der Waals surface area (Å²) >= 11 is 0. The maximum Gasteiger partial charge on any atom is 0.0195 e. The molecule has 0 saturated carbocycles. The lowest BCUT2D eigenvalue weighted by Crippen LogP contribution is -2.36. The van der Waals surface area contributed by atoms with Crippen molar-refractivity contribution in [3.8, 4) is 0 Å². The topological polar surface area (TPSA) is 15.3 Å². The molecule has 0 aromatic heterocycles. The Labute approximate surface area is 121 Å². The van der Waals surface area contributed by atoms with Gasteiger partial charge in [0.1, 0.15) is 0 Å². The fourth-order valence-electron chi connectivity index (χ4n) is 3.09. The molecule has 1 unspecified atom stereocenters. The van der Waals surface area contributed by atoms with Crippen LogP contribution in [0, 0.1) is 0 Å². The van der Waals surface area contributed by atoms with Gasteiger partial charge in [0.15, 0.2) is 0 Å². The van der Waals surface area contributed by atoms with Crippen molar-refractivity contribution in [1.82, 2.24) is 10.2 Å². The van der Waals surface area contributed by atoms with Gasteiger partial charge >= 0.3 is 0 Å². The van der Waals surface area contributed by atoms with Gasteiger partial charge in [-0.3, -0.25) is 0 Å². The van der Waals surface area contributed by atoms with Gasteiger partial charge in [0.2, 0.25) is 0 Å². The highest BCUT2D eigenvalue weighted by atomic mass is 15.1. The second-order valence-electron chi connectivity index (χ2n) is 5.99. The number of likely N-dealkylation sites (N-methyl/N-ethyl adjacent to an activating group) is 1. The molecule has 1 aliphatic heterocycles. The van der Waals surface area contributed by atoms with Gasteiger partial charge in [-0.25, -0.2) is 0 Å². The van der Waals surface area contributed by atoms with Crippen LogP contribution in [0.15, 0.2) is 42.5 Å². The summed E-state index contributed by atoms with van der Waals surface area (Å²) < 4.78 is 0. The van der Waals surface area contributed by atoms with Crippen molar-refractivity contribution in [3.63, 3.8) is 0 Å². The third-order valence-electron chi connectivity index (χ3n) is 4.29. The first-order chi connectivity index (χ1) is 9.81. The summed E-state index contributed by atoms with van der Waals surface area (Å²) in [5.41, 5.74) is 1.44. The molecular weight excluding hydrogens is 244 g/mol. The van der Waals surface area contributed by atoms with E-state index < -0.39 is 0 Å². The van der Waals surface area contributed by atoms with Crippen LogP contribution in [0.25, 0.3) is 10.8 Å². The predicted octanol–water partition coefficient (Wildman–Crippen LogP) is 3.07. The summed E-state index contributed by atoms with van der Waals surface area (Å²) in [6.45, 7) is 3.51. The van der Waals surface area contributed by atoms with Gasteiger partial charge in [0.05, 0.1) is 0 Å². The average Bonchev–Trinajstić information content (AvgIpc) is 2.98. The minimum absolute atomic E-state index is 0.705. The summed E-state index contributed by atoms with van der Waals surface area (Å²) in [4.78, 5) is 2.46. The van der Waals surface area contributed by atoms with Crippen LogP contribution in [0.1, 0.15) is 18.4 Å². The van der Waals surface area contributed by atoms with Gasteiger partial charge in [0.25, 0.3) is 0 Å². The first-order valence-electron chi connectivity index (χ1n) is 7.71. The van der Waals surface area contributed by atoms with Crippen molar-refractivity contribution in [2.45, 2.75) is 25.3 Å². The molecule has 1 N–H and O–H groups in total. The van der Waals surface area contributed by atoms with E-state index in [4.69, 9.17) is 0 Å². The van der Waals surface area contributed by atoms with Gasteiger partial charge < -0.3 is 10.2 Å². The summed E-state index contributed by atoms with van der Waals surface area (Å²) in [6.07, 6.45) is 3.80. The molecule has 0 aliphatic carbocycles. The maximum absolute atomic E-state index is 3.57. The molecular formula is C18H24N2. The molecule has 2 aromatic carbocycles. The third kappa shape index (κ3) is 3.38. The number of fused-ring (bicyclic) bond motifs is 1. The zero-order valence-electron chi connectivity index (χ0n) is 12.3. The van der Waals surface area contributed by atoms with E-state index in [-0.39, 0.29) is 0 Å². The second kappa shape index (κ2) is 6.38. The smallest absolute Gasteiger partial charge is 0.0195 e. The average molecular weight is 268 g/mol. The van der Waals surface area contributed by atoms with Crippen LogP contribution in [-0.4, -0.2) is 37.6 Å². The Kier molecular flexibility index (Phi) is 4.34. The molecule has 1 saturated heterocycles. The molecule has 0 radical (unpaired) electrons. The van der Waals surface area contributed by atoms with E-state index in [0.29, 0.717) is 6.04 Å². The molecule has 0 amide bonds. The fourth-order valence-corrected chi connectivity index (χ4v) is 3.09. The Bertz CT molecular complexity index is 558. The fraction of sp³-hybridized carbons (Fsp3) is 0.444. The molecule has 2 nitrogen and oxygen atoms in total. The number of nitrogens with zero attached hydrogens (tertiary/aromatic N) is 1. The lowest BCUT2D eigenvalue weighted by atomic mass is 10.0. The van der Waals surface area contributed by atoms with E-state index in [2.05, 4.69) is 59.7 Å². The van der Waals surface area contributed by atoms with Gasteiger partial charge in [-0.15, -0.1) is 0 Å². The first kappa shape index (κ1) is 13.6. The molecule has 20 heavy (non-hydrogen) atoms. The highest BCUT2D eigenvalue weighted by Crippen LogP contribution is 2.16. The van der Waals surface area contributed by atoms with Gasteiger partial charge in [-0.2, -0.15) is 0 Å². The Morgan fingerprint density at radius 3 is 2.80 bits per heavy atom. The molecule has 2 aromatic rings. The van der Waals surface area contributed by atoms with Crippen LogP contribution >= 0.6 is 0 Å². The largest absolute Gasteiger partial charge is 0.313 e. The lowest BCUT2D eigenvalue weighted by Gasteiger charge is -2.21. The molecule has 1 aliphatic rings. The molecule has 3 rings (SSSR count). The van der Waals surface area contributed by atoms with Crippen LogP contribution in [0.2, 0.25) is 0 Å². The SMILES string of the molecule is CN(CCc1ccc2ccccc2c1)CC1CCCN1. The summed E-state index contributed by atoms with van der Waals surface area (Å²) in [6, 6.07) is 16.1. The Morgan fingerprint density at radius 1 is 1.15 bits per heavy atom. The standard InChI is InChI=1S/C18H24N2/c1-20(14-18-7-4-11-19-18)12-10-15-8-9-16-5-2-3-6-17(16)13-15/h2-3,5-6,8-9,13,18-19H,4,7,10-12,14H2,1H3. The minimum Gasteiger partial charge on any atom is -0.313 e. The highest BCUT2D eigenvalue weighted by molar-refractivity contribution is 5.82. The third-order valence-corrected chi connectivity index (χ3v) is 4.29. The monoisotopic (exact) mass is 268 g/mol. The summed E-state index contributed by atoms with van der Waals surface area (Å²) in [7, 11) is 2.24. The second-order valence-corrected chi connectivity index (χ2v) is 5.99. The number of benzene rings is 2. The van der Waals surface area contributed by atoms with E-state index >= 15 is 0 Å². The number of hydrogen-bond donors (Lipinski definition) is 1. The Balaban J connectivity index is 1.56. The van der Waals surface area contributed by atoms with Crippen LogP contribution in [-0.2, 0) is 6.42 Å². The van der Waals surface area contributed by atoms with Crippen molar-refractivity contribution in [3.05, 3.63) is 48.0 Å². The zero-order chi connectivity index (χ0) is 13.8. The van der Waals surface area contributed by atoms with Crippen LogP contribution in [0.5, 0.6) is 0 Å². The molecule has 1 heterocycles. The van der Waals surface area contributed by atoms with E-state index in [0.717, 1.165) is 13.0 Å². The molecule has 1 atom stereocenters. The lowest BCUT2D eigenvalue weighted by molar-refractivity contribution is 0.304.